The summed E-state index contributed by atoms with van der Waals surface area (Å²) in [6.07, 6.45) is 4.06. The number of urea groups is 1. The van der Waals surface area contributed by atoms with E-state index in [4.69, 9.17) is 5.11 Å². The highest BCUT2D eigenvalue weighted by molar-refractivity contribution is 5.80. The molecule has 5 heteroatoms. The Labute approximate surface area is 121 Å². The van der Waals surface area contributed by atoms with Crippen LogP contribution in [0.5, 0.6) is 0 Å². The van der Waals surface area contributed by atoms with Gasteiger partial charge < -0.3 is 15.3 Å². The lowest BCUT2D eigenvalue weighted by atomic mass is 9.78. The molecular formula is C15H28N2O3. The number of carbonyl (C=O) groups excluding carboxylic acids is 1. The number of nitrogens with zero attached hydrogens (tertiary/aromatic N) is 1. The molecule has 0 saturated heterocycles. The summed E-state index contributed by atoms with van der Waals surface area (Å²) in [5.74, 6) is 0.0763. The Morgan fingerprint density at radius 2 is 2.00 bits per heavy atom. The van der Waals surface area contributed by atoms with Crippen LogP contribution in [-0.4, -0.2) is 40.6 Å². The number of aliphatic carboxylic acids is 1. The van der Waals surface area contributed by atoms with Gasteiger partial charge in [0, 0.05) is 12.1 Å². The van der Waals surface area contributed by atoms with Crippen LogP contribution >= 0.6 is 0 Å². The van der Waals surface area contributed by atoms with Gasteiger partial charge in [-0.15, -0.1) is 0 Å². The number of amides is 2. The first-order valence-electron chi connectivity index (χ1n) is 7.65. The van der Waals surface area contributed by atoms with E-state index >= 15 is 0 Å². The molecule has 1 aliphatic carbocycles. The first-order chi connectivity index (χ1) is 9.36. The van der Waals surface area contributed by atoms with Gasteiger partial charge in [-0.1, -0.05) is 33.6 Å². The predicted octanol–water partition coefficient (Wildman–Crippen LogP) is 2.71. The molecule has 0 aromatic carbocycles. The highest BCUT2D eigenvalue weighted by Crippen LogP contribution is 2.29. The van der Waals surface area contributed by atoms with Crippen LogP contribution in [0.15, 0.2) is 0 Å². The van der Waals surface area contributed by atoms with Gasteiger partial charge in [-0.3, -0.25) is 4.79 Å². The van der Waals surface area contributed by atoms with Gasteiger partial charge >= 0.3 is 12.0 Å². The molecule has 1 rings (SSSR count). The van der Waals surface area contributed by atoms with Gasteiger partial charge in [0.25, 0.3) is 0 Å². The molecule has 0 aromatic heterocycles. The predicted molar refractivity (Wildman–Crippen MR) is 78.6 cm³/mol. The van der Waals surface area contributed by atoms with Crippen molar-refractivity contribution in [1.82, 2.24) is 10.2 Å². The highest BCUT2D eigenvalue weighted by atomic mass is 16.4. The molecule has 0 heterocycles. The SMILES string of the molecule is CCC(C)N(CC(=O)O)C(=O)NC1CCCC(C)C1C. The van der Waals surface area contributed by atoms with Crippen molar-refractivity contribution in [1.29, 1.82) is 0 Å². The molecule has 1 saturated carbocycles. The zero-order valence-corrected chi connectivity index (χ0v) is 13.1. The van der Waals surface area contributed by atoms with E-state index < -0.39 is 5.97 Å². The third-order valence-electron chi connectivity index (χ3n) is 4.71. The lowest BCUT2D eigenvalue weighted by molar-refractivity contribution is -0.138. The van der Waals surface area contributed by atoms with Gasteiger partial charge in [0.2, 0.25) is 0 Å². The number of hydrogen-bond donors (Lipinski definition) is 2. The standard InChI is InChI=1S/C15H28N2O3/c1-5-11(3)17(9-14(18)19)15(20)16-13-8-6-7-10(2)12(13)4/h10-13H,5-9H2,1-4H3,(H,16,20)(H,18,19). The molecule has 0 aromatic rings. The van der Waals surface area contributed by atoms with E-state index in [-0.39, 0.29) is 24.7 Å². The molecule has 20 heavy (non-hydrogen) atoms. The largest absolute Gasteiger partial charge is 0.480 e. The quantitative estimate of drug-likeness (QED) is 0.815. The number of hydrogen-bond acceptors (Lipinski definition) is 2. The fourth-order valence-electron chi connectivity index (χ4n) is 2.82. The van der Waals surface area contributed by atoms with Crippen molar-refractivity contribution < 1.29 is 14.7 Å². The summed E-state index contributed by atoms with van der Waals surface area (Å²) in [5, 5.41) is 12.0. The van der Waals surface area contributed by atoms with Crippen LogP contribution in [0, 0.1) is 11.8 Å². The van der Waals surface area contributed by atoms with Crippen LogP contribution in [0.3, 0.4) is 0 Å². The minimum absolute atomic E-state index is 0.0672. The average Bonchev–Trinajstić information content (AvgIpc) is 2.40. The fraction of sp³-hybridized carbons (Fsp3) is 0.867. The van der Waals surface area contributed by atoms with Crippen LogP contribution in [-0.2, 0) is 4.79 Å². The third kappa shape index (κ3) is 4.39. The summed E-state index contributed by atoms with van der Waals surface area (Å²) >= 11 is 0. The second kappa shape index (κ2) is 7.50. The maximum Gasteiger partial charge on any atom is 0.323 e. The van der Waals surface area contributed by atoms with Crippen molar-refractivity contribution in [2.75, 3.05) is 6.54 Å². The molecule has 1 fully saturated rings. The molecule has 1 aliphatic rings. The molecule has 0 bridgehead atoms. The van der Waals surface area contributed by atoms with Crippen molar-refractivity contribution in [2.24, 2.45) is 11.8 Å². The van der Waals surface area contributed by atoms with E-state index in [1.54, 1.807) is 0 Å². The first kappa shape index (κ1) is 16.8. The van der Waals surface area contributed by atoms with Crippen molar-refractivity contribution in [2.45, 2.75) is 65.5 Å². The van der Waals surface area contributed by atoms with E-state index in [2.05, 4.69) is 19.2 Å². The summed E-state index contributed by atoms with van der Waals surface area (Å²) in [5.41, 5.74) is 0. The van der Waals surface area contributed by atoms with Crippen LogP contribution in [0.25, 0.3) is 0 Å². The van der Waals surface area contributed by atoms with E-state index in [1.807, 2.05) is 13.8 Å². The summed E-state index contributed by atoms with van der Waals surface area (Å²) in [7, 11) is 0. The molecule has 116 valence electrons. The van der Waals surface area contributed by atoms with Gasteiger partial charge in [-0.25, -0.2) is 4.79 Å². The Kier molecular flexibility index (Phi) is 6.30. The molecule has 0 radical (unpaired) electrons. The Hall–Kier alpha value is -1.26. The number of carboxylic acid groups (broad SMARTS) is 1. The number of rotatable bonds is 5. The average molecular weight is 284 g/mol. The minimum Gasteiger partial charge on any atom is -0.480 e. The van der Waals surface area contributed by atoms with Gasteiger partial charge in [-0.05, 0) is 31.6 Å². The molecule has 4 unspecified atom stereocenters. The maximum atomic E-state index is 12.4. The van der Waals surface area contributed by atoms with Crippen LogP contribution < -0.4 is 5.32 Å². The summed E-state index contributed by atoms with van der Waals surface area (Å²) in [6.45, 7) is 7.98. The molecule has 2 N–H and O–H groups in total. The molecule has 5 nitrogen and oxygen atoms in total. The van der Waals surface area contributed by atoms with Crippen LogP contribution in [0.1, 0.15) is 53.4 Å². The van der Waals surface area contributed by atoms with Crippen LogP contribution in [0.2, 0.25) is 0 Å². The van der Waals surface area contributed by atoms with Crippen molar-refractivity contribution in [3.63, 3.8) is 0 Å². The zero-order chi connectivity index (χ0) is 15.3. The van der Waals surface area contributed by atoms with E-state index in [9.17, 15) is 9.59 Å². The summed E-state index contributed by atoms with van der Waals surface area (Å²) in [4.78, 5) is 24.7. The van der Waals surface area contributed by atoms with Gasteiger partial charge in [-0.2, -0.15) is 0 Å². The minimum atomic E-state index is -0.967. The highest BCUT2D eigenvalue weighted by Gasteiger charge is 2.30. The Balaban J connectivity index is 2.67. The molecule has 0 aliphatic heterocycles. The lowest BCUT2D eigenvalue weighted by Gasteiger charge is -2.37. The molecule has 0 spiro atoms. The van der Waals surface area contributed by atoms with Gasteiger partial charge in [0.05, 0.1) is 0 Å². The Morgan fingerprint density at radius 3 is 2.55 bits per heavy atom. The normalized spacial score (nSPS) is 27.7. The maximum absolute atomic E-state index is 12.4. The van der Waals surface area contributed by atoms with Crippen molar-refractivity contribution in [3.05, 3.63) is 0 Å². The third-order valence-corrected chi connectivity index (χ3v) is 4.71. The number of carboxylic acids is 1. The second-order valence-corrected chi connectivity index (χ2v) is 6.10. The molecular weight excluding hydrogens is 256 g/mol. The molecule has 4 atom stereocenters. The molecule has 2 amide bonds. The zero-order valence-electron chi connectivity index (χ0n) is 13.1. The smallest absolute Gasteiger partial charge is 0.323 e. The topological polar surface area (TPSA) is 69.6 Å². The number of nitrogens with one attached hydrogen (secondary N) is 1. The van der Waals surface area contributed by atoms with E-state index in [0.717, 1.165) is 19.3 Å². The van der Waals surface area contributed by atoms with Crippen molar-refractivity contribution >= 4 is 12.0 Å². The summed E-state index contributed by atoms with van der Waals surface area (Å²) < 4.78 is 0. The second-order valence-electron chi connectivity index (χ2n) is 6.10. The van der Waals surface area contributed by atoms with Gasteiger partial charge in [0.1, 0.15) is 6.54 Å². The first-order valence-corrected chi connectivity index (χ1v) is 7.65. The van der Waals surface area contributed by atoms with Crippen molar-refractivity contribution in [3.8, 4) is 0 Å². The monoisotopic (exact) mass is 284 g/mol. The fourth-order valence-corrected chi connectivity index (χ4v) is 2.82. The lowest BCUT2D eigenvalue weighted by Crippen LogP contribution is -2.52. The summed E-state index contributed by atoms with van der Waals surface area (Å²) in [6, 6.07) is -0.151. The number of carbonyl (C=O) groups is 2. The van der Waals surface area contributed by atoms with Gasteiger partial charge in [0.15, 0.2) is 0 Å². The Bertz CT molecular complexity index is 346. The Morgan fingerprint density at radius 1 is 1.35 bits per heavy atom. The van der Waals surface area contributed by atoms with Crippen LogP contribution in [0.4, 0.5) is 4.79 Å². The van der Waals surface area contributed by atoms with E-state index in [1.165, 1.54) is 11.3 Å². The van der Waals surface area contributed by atoms with E-state index in [0.29, 0.717) is 11.8 Å².